The molecule has 0 radical (unpaired) electrons. The second-order valence-electron chi connectivity index (χ2n) is 10.7. The Labute approximate surface area is 221 Å². The topological polar surface area (TPSA) is 105 Å². The van der Waals surface area contributed by atoms with E-state index in [-0.39, 0.29) is 28.5 Å². The summed E-state index contributed by atoms with van der Waals surface area (Å²) in [6.45, 7) is 3.28. The van der Waals surface area contributed by atoms with Crippen LogP contribution < -0.4 is 9.47 Å². The van der Waals surface area contributed by atoms with Crippen LogP contribution in [0.4, 0.5) is 0 Å². The molecular formula is C30H32O8. The zero-order chi connectivity index (χ0) is 26.8. The van der Waals surface area contributed by atoms with Crippen molar-refractivity contribution >= 4 is 23.9 Å². The van der Waals surface area contributed by atoms with Gasteiger partial charge in [-0.3, -0.25) is 9.59 Å². The first kappa shape index (κ1) is 25.9. The van der Waals surface area contributed by atoms with Crippen LogP contribution in [0.1, 0.15) is 60.2 Å². The smallest absolute Gasteiger partial charge is 0.341 e. The Kier molecular flexibility index (Phi) is 7.49. The number of carbonyl (C=O) groups excluding carboxylic acids is 4. The van der Waals surface area contributed by atoms with E-state index < -0.39 is 23.9 Å². The van der Waals surface area contributed by atoms with Crippen molar-refractivity contribution in [1.82, 2.24) is 0 Å². The third-order valence-electron chi connectivity index (χ3n) is 8.30. The van der Waals surface area contributed by atoms with Gasteiger partial charge in [0.2, 0.25) is 0 Å². The van der Waals surface area contributed by atoms with Crippen LogP contribution in [-0.4, -0.2) is 37.1 Å². The lowest BCUT2D eigenvalue weighted by molar-refractivity contribution is -0.132. The molecule has 0 aromatic heterocycles. The lowest BCUT2D eigenvalue weighted by Crippen LogP contribution is -2.28. The summed E-state index contributed by atoms with van der Waals surface area (Å²) < 4.78 is 21.6. The first-order chi connectivity index (χ1) is 18.3. The van der Waals surface area contributed by atoms with Crippen molar-refractivity contribution in [3.63, 3.8) is 0 Å². The molecule has 0 saturated heterocycles. The maximum atomic E-state index is 12.7. The van der Waals surface area contributed by atoms with Gasteiger partial charge in [0.05, 0.1) is 13.2 Å². The van der Waals surface area contributed by atoms with Crippen LogP contribution in [0.2, 0.25) is 0 Å². The molecular weight excluding hydrogens is 488 g/mol. The van der Waals surface area contributed by atoms with Crippen molar-refractivity contribution in [2.24, 2.45) is 35.5 Å². The fraction of sp³-hybridized carbons (Fsp3) is 0.467. The number of benzene rings is 2. The molecule has 6 atom stereocenters. The van der Waals surface area contributed by atoms with E-state index in [4.69, 9.17) is 18.9 Å². The van der Waals surface area contributed by atoms with E-state index in [1.807, 2.05) is 0 Å². The van der Waals surface area contributed by atoms with E-state index in [0.29, 0.717) is 42.8 Å². The van der Waals surface area contributed by atoms with E-state index in [9.17, 15) is 19.2 Å². The molecule has 3 aliphatic rings. The van der Waals surface area contributed by atoms with Gasteiger partial charge < -0.3 is 18.9 Å². The maximum Gasteiger partial charge on any atom is 0.341 e. The van der Waals surface area contributed by atoms with Gasteiger partial charge >= 0.3 is 23.9 Å². The van der Waals surface area contributed by atoms with Gasteiger partial charge in [-0.1, -0.05) is 24.3 Å². The Morgan fingerprint density at radius 3 is 1.76 bits per heavy atom. The average Bonchev–Trinajstić information content (AvgIpc) is 3.58. The Balaban J connectivity index is 1.13. The summed E-state index contributed by atoms with van der Waals surface area (Å²) in [7, 11) is 0. The first-order valence-electron chi connectivity index (χ1n) is 13.2. The summed E-state index contributed by atoms with van der Waals surface area (Å²) in [5, 5.41) is 0. The van der Waals surface area contributed by atoms with Crippen LogP contribution >= 0.6 is 0 Å². The summed E-state index contributed by atoms with van der Waals surface area (Å²) in [6.07, 6.45) is 4.22. The van der Waals surface area contributed by atoms with Gasteiger partial charge in [0.25, 0.3) is 0 Å². The molecule has 5 unspecified atom stereocenters. The number of para-hydroxylation sites is 2. The van der Waals surface area contributed by atoms with Crippen molar-refractivity contribution < 1.29 is 38.1 Å². The zero-order valence-electron chi connectivity index (χ0n) is 21.6. The van der Waals surface area contributed by atoms with E-state index in [1.165, 1.54) is 13.8 Å². The van der Waals surface area contributed by atoms with Gasteiger partial charge in [-0.05, 0) is 85.5 Å². The number of hydrogen-bond donors (Lipinski definition) is 0. The van der Waals surface area contributed by atoms with Gasteiger partial charge in [-0.2, -0.15) is 0 Å². The molecule has 0 N–H and O–H groups in total. The Morgan fingerprint density at radius 1 is 0.658 bits per heavy atom. The van der Waals surface area contributed by atoms with Crippen LogP contribution in [0.3, 0.4) is 0 Å². The van der Waals surface area contributed by atoms with Gasteiger partial charge in [-0.15, -0.1) is 0 Å². The highest BCUT2D eigenvalue weighted by molar-refractivity contribution is 5.94. The highest BCUT2D eigenvalue weighted by Gasteiger charge is 2.56. The molecule has 3 fully saturated rings. The maximum absolute atomic E-state index is 12.7. The predicted molar refractivity (Wildman–Crippen MR) is 135 cm³/mol. The SMILES string of the molecule is CC(=O)Oc1ccccc1C(=O)OCC1CC2C3C[C@@H](CC3COC(=O)c3ccccc3OC(C)=O)C2C1. The lowest BCUT2D eigenvalue weighted by atomic mass is 9.76. The van der Waals surface area contributed by atoms with Crippen LogP contribution in [0.15, 0.2) is 48.5 Å². The third kappa shape index (κ3) is 5.44. The van der Waals surface area contributed by atoms with Crippen LogP contribution in [-0.2, 0) is 19.1 Å². The Hall–Kier alpha value is -3.68. The Morgan fingerprint density at radius 2 is 1.18 bits per heavy atom. The van der Waals surface area contributed by atoms with E-state index in [2.05, 4.69) is 0 Å². The molecule has 2 aromatic rings. The summed E-state index contributed by atoms with van der Waals surface area (Å²) in [5.74, 6) is 1.33. The molecule has 0 aliphatic heterocycles. The molecule has 2 bridgehead atoms. The average molecular weight is 521 g/mol. The minimum Gasteiger partial charge on any atom is -0.462 e. The van der Waals surface area contributed by atoms with Crippen LogP contribution in [0, 0.1) is 35.5 Å². The number of fused-ring (bicyclic) bond motifs is 5. The van der Waals surface area contributed by atoms with Crippen molar-refractivity contribution in [2.45, 2.75) is 39.5 Å². The normalized spacial score (nSPS) is 26.9. The summed E-state index contributed by atoms with van der Waals surface area (Å²) in [6, 6.07) is 13.2. The number of ether oxygens (including phenoxy) is 4. The number of esters is 4. The van der Waals surface area contributed by atoms with Gasteiger partial charge in [-0.25, -0.2) is 9.59 Å². The Bertz CT molecular complexity index is 1240. The standard InChI is InChI=1S/C30H32O8/c1-17(31)37-27-9-5-3-7-22(27)29(33)35-15-19-11-24-20-13-21(25(14-20)26(24)12-19)16-36-30(34)23-8-4-6-10-28(23)38-18(2)32/h3-10,19-21,24-26H,11-16H2,1-2H3/t19?,20-,21?,24?,25?,26?/m1/s1. The molecule has 5 rings (SSSR count). The van der Waals surface area contributed by atoms with Crippen molar-refractivity contribution in [3.05, 3.63) is 59.7 Å². The largest absolute Gasteiger partial charge is 0.462 e. The minimum atomic E-state index is -0.488. The zero-order valence-corrected chi connectivity index (χ0v) is 21.6. The first-order valence-corrected chi connectivity index (χ1v) is 13.2. The quantitative estimate of drug-likeness (QED) is 0.359. The fourth-order valence-electron chi connectivity index (χ4n) is 6.94. The van der Waals surface area contributed by atoms with Crippen LogP contribution in [0.25, 0.3) is 0 Å². The van der Waals surface area contributed by atoms with E-state index in [0.717, 1.165) is 25.7 Å². The highest BCUT2D eigenvalue weighted by atomic mass is 16.6. The third-order valence-corrected chi connectivity index (χ3v) is 8.30. The van der Waals surface area contributed by atoms with Crippen molar-refractivity contribution in [3.8, 4) is 11.5 Å². The molecule has 38 heavy (non-hydrogen) atoms. The van der Waals surface area contributed by atoms with E-state index in [1.54, 1.807) is 48.5 Å². The molecule has 8 heteroatoms. The van der Waals surface area contributed by atoms with Crippen molar-refractivity contribution in [2.75, 3.05) is 13.2 Å². The summed E-state index contributed by atoms with van der Waals surface area (Å²) in [4.78, 5) is 48.2. The molecule has 3 saturated carbocycles. The highest BCUT2D eigenvalue weighted by Crippen LogP contribution is 2.62. The predicted octanol–water partition coefficient (Wildman–Crippen LogP) is 4.85. The molecule has 0 heterocycles. The summed E-state index contributed by atoms with van der Waals surface area (Å²) >= 11 is 0. The molecule has 200 valence electrons. The van der Waals surface area contributed by atoms with Crippen molar-refractivity contribution in [1.29, 1.82) is 0 Å². The lowest BCUT2D eigenvalue weighted by Gasteiger charge is -2.31. The molecule has 8 nitrogen and oxygen atoms in total. The number of rotatable bonds is 8. The molecule has 0 amide bonds. The minimum absolute atomic E-state index is 0.208. The monoisotopic (exact) mass is 520 g/mol. The van der Waals surface area contributed by atoms with Gasteiger partial charge in [0.15, 0.2) is 0 Å². The van der Waals surface area contributed by atoms with Crippen LogP contribution in [0.5, 0.6) is 11.5 Å². The van der Waals surface area contributed by atoms with Gasteiger partial charge in [0.1, 0.15) is 22.6 Å². The van der Waals surface area contributed by atoms with E-state index >= 15 is 0 Å². The van der Waals surface area contributed by atoms with Gasteiger partial charge in [0, 0.05) is 13.8 Å². The molecule has 3 aliphatic carbocycles. The molecule has 2 aromatic carbocycles. The molecule has 0 spiro atoms. The summed E-state index contributed by atoms with van der Waals surface area (Å²) in [5.41, 5.74) is 0.500. The number of hydrogen-bond acceptors (Lipinski definition) is 8. The second-order valence-corrected chi connectivity index (χ2v) is 10.7. The second kappa shape index (κ2) is 11.0. The number of carbonyl (C=O) groups is 4. The fourth-order valence-corrected chi connectivity index (χ4v) is 6.94.